The fourth-order valence-corrected chi connectivity index (χ4v) is 0.297. The molecule has 0 rings (SSSR count). The first-order valence-corrected chi connectivity index (χ1v) is 2.58. The van der Waals surface area contributed by atoms with Gasteiger partial charge in [0.05, 0.1) is 0 Å². The summed E-state index contributed by atoms with van der Waals surface area (Å²) in [6.45, 7) is 0. The SMILES string of the molecule is COC(N)C(=O)OC(N)N. The van der Waals surface area contributed by atoms with Gasteiger partial charge in [-0.25, -0.2) is 4.79 Å². The van der Waals surface area contributed by atoms with Crippen LogP contribution in [0.25, 0.3) is 0 Å². The largest absolute Gasteiger partial charge is 0.431 e. The number of hydrogen-bond donors (Lipinski definition) is 3. The van der Waals surface area contributed by atoms with E-state index in [0.29, 0.717) is 0 Å². The van der Waals surface area contributed by atoms with Gasteiger partial charge in [0, 0.05) is 7.11 Å². The number of ether oxygens (including phenoxy) is 2. The molecular weight excluding hydrogens is 138 g/mol. The van der Waals surface area contributed by atoms with E-state index in [9.17, 15) is 4.79 Å². The molecule has 1 unspecified atom stereocenters. The zero-order chi connectivity index (χ0) is 8.15. The van der Waals surface area contributed by atoms with Gasteiger partial charge in [0.2, 0.25) is 12.6 Å². The molecule has 0 aromatic heterocycles. The van der Waals surface area contributed by atoms with Gasteiger partial charge in [0.15, 0.2) is 0 Å². The number of carbonyl (C=O) groups is 1. The minimum atomic E-state index is -1.14. The fourth-order valence-electron chi connectivity index (χ4n) is 0.297. The Morgan fingerprint density at radius 2 is 1.90 bits per heavy atom. The quantitative estimate of drug-likeness (QED) is 0.306. The molecular formula is C4H11N3O3. The lowest BCUT2D eigenvalue weighted by molar-refractivity contribution is -0.160. The number of hydrogen-bond acceptors (Lipinski definition) is 6. The number of carbonyl (C=O) groups excluding carboxylic acids is 1. The monoisotopic (exact) mass is 149 g/mol. The van der Waals surface area contributed by atoms with E-state index in [-0.39, 0.29) is 0 Å². The molecule has 1 atom stereocenters. The minimum absolute atomic E-state index is 0.780. The molecule has 0 radical (unpaired) electrons. The first-order valence-electron chi connectivity index (χ1n) is 2.58. The molecule has 60 valence electrons. The maximum absolute atomic E-state index is 10.6. The van der Waals surface area contributed by atoms with Crippen LogP contribution in [0.5, 0.6) is 0 Å². The van der Waals surface area contributed by atoms with Crippen molar-refractivity contribution in [3.63, 3.8) is 0 Å². The van der Waals surface area contributed by atoms with Crippen LogP contribution in [-0.4, -0.2) is 25.7 Å². The lowest BCUT2D eigenvalue weighted by atomic mass is 10.6. The predicted octanol–water partition coefficient (Wildman–Crippen LogP) is -2.34. The average Bonchev–Trinajstić information content (AvgIpc) is 1.85. The molecule has 0 aliphatic carbocycles. The average molecular weight is 149 g/mol. The van der Waals surface area contributed by atoms with Gasteiger partial charge in [-0.3, -0.25) is 17.2 Å². The van der Waals surface area contributed by atoms with Gasteiger partial charge in [-0.1, -0.05) is 0 Å². The highest BCUT2D eigenvalue weighted by Crippen LogP contribution is 1.84. The van der Waals surface area contributed by atoms with Crippen LogP contribution >= 0.6 is 0 Å². The summed E-state index contributed by atoms with van der Waals surface area (Å²) >= 11 is 0. The molecule has 0 fully saturated rings. The van der Waals surface area contributed by atoms with Crippen molar-refractivity contribution in [2.75, 3.05) is 7.11 Å². The Kier molecular flexibility index (Phi) is 3.89. The first kappa shape index (κ1) is 9.31. The molecule has 0 aliphatic rings. The summed E-state index contributed by atoms with van der Waals surface area (Å²) < 4.78 is 8.67. The van der Waals surface area contributed by atoms with Gasteiger partial charge in [-0.2, -0.15) is 0 Å². The Morgan fingerprint density at radius 3 is 2.20 bits per heavy atom. The lowest BCUT2D eigenvalue weighted by Gasteiger charge is -2.11. The van der Waals surface area contributed by atoms with Crippen molar-refractivity contribution >= 4 is 5.97 Å². The molecule has 0 aliphatic heterocycles. The molecule has 0 spiro atoms. The third-order valence-electron chi connectivity index (χ3n) is 0.738. The lowest BCUT2D eigenvalue weighted by Crippen LogP contribution is -2.42. The van der Waals surface area contributed by atoms with Crippen molar-refractivity contribution < 1.29 is 14.3 Å². The summed E-state index contributed by atoms with van der Waals surface area (Å²) in [4.78, 5) is 10.6. The van der Waals surface area contributed by atoms with Crippen LogP contribution in [0.2, 0.25) is 0 Å². The molecule has 0 bridgehead atoms. The Labute approximate surface area is 58.2 Å². The number of esters is 1. The van der Waals surface area contributed by atoms with Gasteiger partial charge < -0.3 is 9.47 Å². The van der Waals surface area contributed by atoms with Crippen LogP contribution in [0.1, 0.15) is 0 Å². The first-order chi connectivity index (χ1) is 4.57. The summed E-state index contributed by atoms with van der Waals surface area (Å²) in [6, 6.07) is 0. The molecule has 0 aromatic carbocycles. The van der Waals surface area contributed by atoms with Crippen LogP contribution in [0.4, 0.5) is 0 Å². The fraction of sp³-hybridized carbons (Fsp3) is 0.750. The van der Waals surface area contributed by atoms with Crippen molar-refractivity contribution in [2.24, 2.45) is 17.2 Å². The Bertz CT molecular complexity index is 116. The number of rotatable bonds is 3. The van der Waals surface area contributed by atoms with Gasteiger partial charge in [0.25, 0.3) is 0 Å². The van der Waals surface area contributed by atoms with E-state index in [4.69, 9.17) is 17.2 Å². The van der Waals surface area contributed by atoms with Crippen LogP contribution in [0.3, 0.4) is 0 Å². The van der Waals surface area contributed by atoms with Gasteiger partial charge in [-0.15, -0.1) is 0 Å². The molecule has 0 aromatic rings. The molecule has 0 saturated carbocycles. The standard InChI is InChI=1S/C4H11N3O3/c1-9-2(5)3(8)10-4(6)7/h2,4H,5-7H2,1H3. The Balaban J connectivity index is 3.62. The van der Waals surface area contributed by atoms with E-state index in [0.717, 1.165) is 0 Å². The summed E-state index contributed by atoms with van der Waals surface area (Å²) in [7, 11) is 1.27. The maximum atomic E-state index is 10.6. The highest BCUT2D eigenvalue weighted by atomic mass is 16.6. The Hall–Kier alpha value is -0.690. The second-order valence-electron chi connectivity index (χ2n) is 1.56. The van der Waals surface area contributed by atoms with Gasteiger partial charge >= 0.3 is 5.97 Å². The zero-order valence-corrected chi connectivity index (χ0v) is 5.61. The summed E-state index contributed by atoms with van der Waals surface area (Å²) in [5.74, 6) is -0.780. The summed E-state index contributed by atoms with van der Waals surface area (Å²) in [5, 5.41) is 0. The molecule has 0 saturated heterocycles. The Morgan fingerprint density at radius 1 is 1.40 bits per heavy atom. The van der Waals surface area contributed by atoms with Gasteiger partial charge in [-0.05, 0) is 0 Å². The highest BCUT2D eigenvalue weighted by Gasteiger charge is 2.14. The number of nitrogens with two attached hydrogens (primary N) is 3. The zero-order valence-electron chi connectivity index (χ0n) is 5.61. The van der Waals surface area contributed by atoms with E-state index in [1.165, 1.54) is 7.11 Å². The molecule has 10 heavy (non-hydrogen) atoms. The second-order valence-corrected chi connectivity index (χ2v) is 1.56. The summed E-state index contributed by atoms with van der Waals surface area (Å²) in [6.07, 6.45) is -2.26. The van der Waals surface area contributed by atoms with Crippen LogP contribution in [-0.2, 0) is 14.3 Å². The smallest absolute Gasteiger partial charge is 0.352 e. The molecule has 6 heteroatoms. The normalized spacial score (nSPS) is 13.3. The van der Waals surface area contributed by atoms with Crippen LogP contribution in [0.15, 0.2) is 0 Å². The van der Waals surface area contributed by atoms with Crippen molar-refractivity contribution in [3.05, 3.63) is 0 Å². The van der Waals surface area contributed by atoms with Crippen molar-refractivity contribution in [1.82, 2.24) is 0 Å². The molecule has 0 heterocycles. The van der Waals surface area contributed by atoms with E-state index >= 15 is 0 Å². The van der Waals surface area contributed by atoms with E-state index < -0.39 is 18.5 Å². The van der Waals surface area contributed by atoms with Crippen molar-refractivity contribution in [2.45, 2.75) is 12.6 Å². The van der Waals surface area contributed by atoms with Gasteiger partial charge in [0.1, 0.15) is 0 Å². The molecule has 6 nitrogen and oxygen atoms in total. The molecule has 0 amide bonds. The van der Waals surface area contributed by atoms with Crippen molar-refractivity contribution in [1.29, 1.82) is 0 Å². The number of methoxy groups -OCH3 is 1. The maximum Gasteiger partial charge on any atom is 0.352 e. The highest BCUT2D eigenvalue weighted by molar-refractivity contribution is 5.73. The van der Waals surface area contributed by atoms with Crippen LogP contribution < -0.4 is 17.2 Å². The van der Waals surface area contributed by atoms with E-state index in [2.05, 4.69) is 9.47 Å². The van der Waals surface area contributed by atoms with Crippen LogP contribution in [0, 0.1) is 0 Å². The topological polar surface area (TPSA) is 114 Å². The second kappa shape index (κ2) is 4.18. The predicted molar refractivity (Wildman–Crippen MR) is 33.2 cm³/mol. The van der Waals surface area contributed by atoms with E-state index in [1.54, 1.807) is 0 Å². The van der Waals surface area contributed by atoms with Crippen molar-refractivity contribution in [3.8, 4) is 0 Å². The minimum Gasteiger partial charge on any atom is -0.431 e. The summed E-state index contributed by atoms with van der Waals surface area (Å²) in [5.41, 5.74) is 14.9. The van der Waals surface area contributed by atoms with E-state index in [1.807, 2.05) is 0 Å². The third kappa shape index (κ3) is 3.36. The third-order valence-corrected chi connectivity index (χ3v) is 0.738. The molecule has 6 N–H and O–H groups in total.